The van der Waals surface area contributed by atoms with E-state index in [1.807, 2.05) is 25.2 Å². The molecule has 0 radical (unpaired) electrons. The van der Waals surface area contributed by atoms with Gasteiger partial charge in [0.2, 0.25) is 0 Å². The SMILES string of the molecule is CN(C(=N)Cc1ccccc1)[C@H]1CCC[C@H](C#N)C1. The summed E-state index contributed by atoms with van der Waals surface area (Å²) >= 11 is 0. The highest BCUT2D eigenvalue weighted by Gasteiger charge is 2.25. The number of nitriles is 1. The van der Waals surface area contributed by atoms with Gasteiger partial charge < -0.3 is 4.90 Å². The molecular formula is C16H21N3. The summed E-state index contributed by atoms with van der Waals surface area (Å²) in [5.41, 5.74) is 1.17. The zero-order valence-corrected chi connectivity index (χ0v) is 11.5. The smallest absolute Gasteiger partial charge is 0.100 e. The molecule has 0 heterocycles. The molecule has 19 heavy (non-hydrogen) atoms. The number of nitrogens with zero attached hydrogens (tertiary/aromatic N) is 2. The molecule has 3 heteroatoms. The lowest BCUT2D eigenvalue weighted by atomic mass is 9.86. The Morgan fingerprint density at radius 2 is 2.11 bits per heavy atom. The zero-order valence-electron chi connectivity index (χ0n) is 11.5. The maximum Gasteiger partial charge on any atom is 0.100 e. The first kappa shape index (κ1) is 13.6. The fraction of sp³-hybridized carbons (Fsp3) is 0.500. The largest absolute Gasteiger partial charge is 0.360 e. The van der Waals surface area contributed by atoms with E-state index < -0.39 is 0 Å². The van der Waals surface area contributed by atoms with Gasteiger partial charge in [0, 0.05) is 25.4 Å². The van der Waals surface area contributed by atoms with Crippen molar-refractivity contribution in [1.82, 2.24) is 4.90 Å². The molecule has 3 nitrogen and oxygen atoms in total. The number of likely N-dealkylation sites (N-methyl/N-ethyl adjacent to an activating group) is 1. The van der Waals surface area contributed by atoms with Crippen molar-refractivity contribution in [2.45, 2.75) is 38.1 Å². The maximum absolute atomic E-state index is 9.04. The monoisotopic (exact) mass is 255 g/mol. The molecule has 0 aromatic heterocycles. The maximum atomic E-state index is 9.04. The Balaban J connectivity index is 1.94. The number of nitrogens with one attached hydrogen (secondary N) is 1. The molecule has 1 aliphatic rings. The van der Waals surface area contributed by atoms with Gasteiger partial charge in [-0.25, -0.2) is 0 Å². The van der Waals surface area contributed by atoms with Crippen LogP contribution < -0.4 is 0 Å². The normalized spacial score (nSPS) is 22.5. The first-order valence-corrected chi connectivity index (χ1v) is 6.94. The molecule has 1 aromatic carbocycles. The first-order valence-electron chi connectivity index (χ1n) is 6.94. The molecule has 1 fully saturated rings. The van der Waals surface area contributed by atoms with Crippen LogP contribution in [0.4, 0.5) is 0 Å². The Kier molecular flexibility index (Phi) is 4.57. The Morgan fingerprint density at radius 1 is 1.37 bits per heavy atom. The predicted molar refractivity (Wildman–Crippen MR) is 77.0 cm³/mol. The molecule has 1 aromatic rings. The Bertz CT molecular complexity index is 461. The summed E-state index contributed by atoms with van der Waals surface area (Å²) in [5.74, 6) is 0.820. The number of amidine groups is 1. The van der Waals surface area contributed by atoms with Crippen molar-refractivity contribution in [1.29, 1.82) is 10.7 Å². The average Bonchev–Trinajstić information content (AvgIpc) is 2.47. The minimum Gasteiger partial charge on any atom is -0.360 e. The van der Waals surface area contributed by atoms with Gasteiger partial charge in [-0.3, -0.25) is 5.41 Å². The van der Waals surface area contributed by atoms with E-state index >= 15 is 0 Å². The van der Waals surface area contributed by atoms with E-state index in [9.17, 15) is 0 Å². The lowest BCUT2D eigenvalue weighted by Gasteiger charge is -2.34. The van der Waals surface area contributed by atoms with Gasteiger partial charge in [-0.05, 0) is 24.8 Å². The summed E-state index contributed by atoms with van der Waals surface area (Å²) in [6.45, 7) is 0. The summed E-state index contributed by atoms with van der Waals surface area (Å²) < 4.78 is 0. The predicted octanol–water partition coefficient (Wildman–Crippen LogP) is 3.22. The third-order valence-corrected chi connectivity index (χ3v) is 4.02. The van der Waals surface area contributed by atoms with Crippen LogP contribution in [0.1, 0.15) is 31.2 Å². The van der Waals surface area contributed by atoms with Gasteiger partial charge in [0.1, 0.15) is 5.84 Å². The van der Waals surface area contributed by atoms with Crippen molar-refractivity contribution in [3.63, 3.8) is 0 Å². The van der Waals surface area contributed by atoms with Gasteiger partial charge in [-0.2, -0.15) is 5.26 Å². The van der Waals surface area contributed by atoms with Crippen LogP contribution in [-0.4, -0.2) is 23.8 Å². The minimum absolute atomic E-state index is 0.172. The standard InChI is InChI=1S/C16H21N3/c1-19(15-9-5-8-14(10-15)12-17)16(18)11-13-6-3-2-4-7-13/h2-4,6-7,14-15,18H,5,8-11H2,1H3/t14-,15-/m0/s1. The number of hydrogen-bond donors (Lipinski definition) is 1. The highest BCUT2D eigenvalue weighted by Crippen LogP contribution is 2.27. The Hall–Kier alpha value is -1.82. The third kappa shape index (κ3) is 3.57. The van der Waals surface area contributed by atoms with Crippen LogP contribution in [0.5, 0.6) is 0 Å². The summed E-state index contributed by atoms with van der Waals surface area (Å²) in [5, 5.41) is 17.3. The molecule has 0 unspecified atom stereocenters. The van der Waals surface area contributed by atoms with E-state index in [0.717, 1.165) is 25.7 Å². The van der Waals surface area contributed by atoms with E-state index in [1.165, 1.54) is 5.56 Å². The Morgan fingerprint density at radius 3 is 2.79 bits per heavy atom. The van der Waals surface area contributed by atoms with Crippen molar-refractivity contribution >= 4 is 5.84 Å². The summed E-state index contributed by atoms with van der Waals surface area (Å²) in [6.07, 6.45) is 4.81. The molecule has 0 saturated heterocycles. The van der Waals surface area contributed by atoms with Gasteiger partial charge in [-0.15, -0.1) is 0 Å². The molecule has 0 spiro atoms. The van der Waals surface area contributed by atoms with Crippen molar-refractivity contribution in [3.8, 4) is 6.07 Å². The van der Waals surface area contributed by atoms with E-state index in [0.29, 0.717) is 18.3 Å². The topological polar surface area (TPSA) is 50.9 Å². The van der Waals surface area contributed by atoms with Crippen LogP contribution in [0.25, 0.3) is 0 Å². The lowest BCUT2D eigenvalue weighted by Crippen LogP contribution is -2.40. The number of hydrogen-bond acceptors (Lipinski definition) is 2. The van der Waals surface area contributed by atoms with E-state index in [2.05, 4.69) is 23.1 Å². The highest BCUT2D eigenvalue weighted by molar-refractivity contribution is 5.81. The van der Waals surface area contributed by atoms with Crippen molar-refractivity contribution in [2.75, 3.05) is 7.05 Å². The van der Waals surface area contributed by atoms with Crippen molar-refractivity contribution in [2.24, 2.45) is 5.92 Å². The first-order chi connectivity index (χ1) is 9.20. The van der Waals surface area contributed by atoms with Gasteiger partial charge in [-0.1, -0.05) is 36.8 Å². The lowest BCUT2D eigenvalue weighted by molar-refractivity contribution is 0.245. The van der Waals surface area contributed by atoms with Gasteiger partial charge in [0.15, 0.2) is 0 Å². The quantitative estimate of drug-likeness (QED) is 0.666. The van der Waals surface area contributed by atoms with E-state index in [1.54, 1.807) is 0 Å². The molecule has 0 amide bonds. The van der Waals surface area contributed by atoms with E-state index in [4.69, 9.17) is 10.7 Å². The zero-order chi connectivity index (χ0) is 13.7. The summed E-state index contributed by atoms with van der Waals surface area (Å²) in [6, 6.07) is 12.9. The minimum atomic E-state index is 0.172. The molecular weight excluding hydrogens is 234 g/mol. The van der Waals surface area contributed by atoms with Crippen molar-refractivity contribution < 1.29 is 0 Å². The molecule has 2 atom stereocenters. The fourth-order valence-corrected chi connectivity index (χ4v) is 2.77. The summed E-state index contributed by atoms with van der Waals surface area (Å²) in [4.78, 5) is 2.07. The number of rotatable bonds is 3. The van der Waals surface area contributed by atoms with Crippen LogP contribution in [0.3, 0.4) is 0 Å². The fourth-order valence-electron chi connectivity index (χ4n) is 2.77. The van der Waals surface area contributed by atoms with E-state index in [-0.39, 0.29) is 5.92 Å². The van der Waals surface area contributed by atoms with Crippen LogP contribution in [0.15, 0.2) is 30.3 Å². The van der Waals surface area contributed by atoms with Gasteiger partial charge in [0.25, 0.3) is 0 Å². The van der Waals surface area contributed by atoms with Crippen molar-refractivity contribution in [3.05, 3.63) is 35.9 Å². The second kappa shape index (κ2) is 6.38. The molecule has 2 rings (SSSR count). The Labute approximate surface area is 115 Å². The average molecular weight is 255 g/mol. The second-order valence-corrected chi connectivity index (χ2v) is 5.37. The summed E-state index contributed by atoms with van der Waals surface area (Å²) in [7, 11) is 2.00. The third-order valence-electron chi connectivity index (χ3n) is 4.02. The van der Waals surface area contributed by atoms with Crippen LogP contribution in [-0.2, 0) is 6.42 Å². The van der Waals surface area contributed by atoms with Gasteiger partial charge in [0.05, 0.1) is 6.07 Å². The highest BCUT2D eigenvalue weighted by atomic mass is 15.2. The second-order valence-electron chi connectivity index (χ2n) is 5.37. The van der Waals surface area contributed by atoms with Crippen LogP contribution in [0.2, 0.25) is 0 Å². The molecule has 0 aliphatic heterocycles. The van der Waals surface area contributed by atoms with Gasteiger partial charge >= 0.3 is 0 Å². The molecule has 1 N–H and O–H groups in total. The molecule has 100 valence electrons. The number of benzene rings is 1. The molecule has 1 aliphatic carbocycles. The molecule has 1 saturated carbocycles. The van der Waals surface area contributed by atoms with Crippen LogP contribution >= 0.6 is 0 Å². The van der Waals surface area contributed by atoms with Crippen LogP contribution in [0, 0.1) is 22.7 Å². The molecule has 0 bridgehead atoms.